The van der Waals surface area contributed by atoms with E-state index in [9.17, 15) is 18.3 Å². The average Bonchev–Trinajstić information content (AvgIpc) is 2.78. The van der Waals surface area contributed by atoms with Crippen LogP contribution in [0.5, 0.6) is 0 Å². The van der Waals surface area contributed by atoms with Crippen LogP contribution in [0.4, 0.5) is 24.7 Å². The summed E-state index contributed by atoms with van der Waals surface area (Å²) in [5.41, 5.74) is 1.15. The zero-order valence-electron chi connectivity index (χ0n) is 16.2. The fourth-order valence-corrected chi connectivity index (χ4v) is 3.25. The lowest BCUT2D eigenvalue weighted by molar-refractivity contribution is -0.137. The van der Waals surface area contributed by atoms with E-state index in [4.69, 9.17) is 16.7 Å². The minimum atomic E-state index is -4.41. The van der Waals surface area contributed by atoms with Crippen molar-refractivity contribution in [2.24, 2.45) is 0 Å². The molecular weight excluding hydrogens is 447 g/mol. The third-order valence-electron chi connectivity index (χ3n) is 4.63. The Morgan fingerprint density at radius 1 is 1.03 bits per heavy atom. The van der Waals surface area contributed by atoms with Crippen molar-refractivity contribution >= 4 is 34.1 Å². The molecule has 3 heterocycles. The summed E-state index contributed by atoms with van der Waals surface area (Å²) in [5, 5.41) is 22.5. The van der Waals surface area contributed by atoms with Crippen molar-refractivity contribution in [3.8, 4) is 11.4 Å². The van der Waals surface area contributed by atoms with Crippen LogP contribution in [0.2, 0.25) is 5.02 Å². The number of aliphatic hydroxyl groups excluding tert-OH is 2. The lowest BCUT2D eigenvalue weighted by Crippen LogP contribution is -2.05. The fraction of sp³-hybridized carbons (Fsp3) is 0.143. The Morgan fingerprint density at radius 3 is 2.44 bits per heavy atom. The molecule has 1 atom stereocenters. The first kappa shape index (κ1) is 21.9. The number of aliphatic hydroxyl groups is 2. The van der Waals surface area contributed by atoms with Gasteiger partial charge in [0.2, 0.25) is 0 Å². The van der Waals surface area contributed by atoms with Crippen molar-refractivity contribution in [2.75, 3.05) is 11.9 Å². The molecule has 0 amide bonds. The number of nitrogens with zero attached hydrogens (tertiary/aromatic N) is 4. The maximum atomic E-state index is 12.8. The van der Waals surface area contributed by atoms with Crippen LogP contribution in [-0.4, -0.2) is 36.8 Å². The van der Waals surface area contributed by atoms with Crippen LogP contribution >= 0.6 is 11.6 Å². The van der Waals surface area contributed by atoms with Crippen molar-refractivity contribution < 1.29 is 23.4 Å². The molecule has 7 nitrogen and oxygen atoms in total. The summed E-state index contributed by atoms with van der Waals surface area (Å²) in [7, 11) is 0. The molecule has 0 spiro atoms. The highest BCUT2D eigenvalue weighted by atomic mass is 35.5. The number of fused-ring (bicyclic) bond motifs is 1. The largest absolute Gasteiger partial charge is 0.416 e. The van der Waals surface area contributed by atoms with Crippen LogP contribution in [0.25, 0.3) is 22.4 Å². The molecule has 0 aliphatic carbocycles. The van der Waals surface area contributed by atoms with Crippen LogP contribution in [-0.2, 0) is 6.18 Å². The molecule has 1 aromatic carbocycles. The number of aromatic nitrogens is 4. The third kappa shape index (κ3) is 4.47. The number of benzene rings is 1. The number of hydrogen-bond donors (Lipinski definition) is 3. The van der Waals surface area contributed by atoms with E-state index in [1.807, 2.05) is 0 Å². The second kappa shape index (κ2) is 8.65. The Balaban J connectivity index is 1.64. The number of pyridine rings is 2. The minimum Gasteiger partial charge on any atom is -0.393 e. The van der Waals surface area contributed by atoms with E-state index >= 15 is 0 Å². The third-order valence-corrected chi connectivity index (χ3v) is 4.92. The summed E-state index contributed by atoms with van der Waals surface area (Å²) in [6.45, 7) is -0.461. The van der Waals surface area contributed by atoms with Crippen molar-refractivity contribution in [2.45, 2.75) is 12.3 Å². The second-order valence-corrected chi connectivity index (χ2v) is 7.19. The monoisotopic (exact) mass is 461 g/mol. The summed E-state index contributed by atoms with van der Waals surface area (Å²) in [4.78, 5) is 17.0. The molecule has 0 bridgehead atoms. The maximum Gasteiger partial charge on any atom is 0.416 e. The maximum absolute atomic E-state index is 12.8. The van der Waals surface area contributed by atoms with Gasteiger partial charge in [0, 0.05) is 17.4 Å². The number of rotatable bonds is 5. The standard InChI is InChI=1S/C21H15ClF3N5O2/c22-15-7-11(17(32)9-31)8-26-18(15)16-6-5-14-19(27-10-28-20(14)30-16)29-13-3-1-12(2-4-13)21(23,24)25/h1-8,10,17,31-32H,9H2,(H,27,28,29,30)/t17-/m0/s1. The van der Waals surface area contributed by atoms with Crippen molar-refractivity contribution in [1.82, 2.24) is 19.9 Å². The zero-order valence-corrected chi connectivity index (χ0v) is 16.9. The topological polar surface area (TPSA) is 104 Å². The molecule has 164 valence electrons. The predicted octanol–water partition coefficient (Wildman–Crippen LogP) is 4.53. The first-order valence-electron chi connectivity index (χ1n) is 9.27. The highest BCUT2D eigenvalue weighted by Crippen LogP contribution is 2.32. The molecule has 0 saturated carbocycles. The van der Waals surface area contributed by atoms with E-state index in [2.05, 4.69) is 25.3 Å². The normalized spacial score (nSPS) is 12.7. The number of nitrogens with one attached hydrogen (secondary N) is 1. The Hall–Kier alpha value is -3.34. The summed E-state index contributed by atoms with van der Waals surface area (Å²) < 4.78 is 38.3. The van der Waals surface area contributed by atoms with E-state index in [0.717, 1.165) is 12.1 Å². The SMILES string of the molecule is OC[C@H](O)c1cnc(-c2ccc3c(Nc4ccc(C(F)(F)F)cc4)ncnc3n2)c(Cl)c1. The summed E-state index contributed by atoms with van der Waals surface area (Å²) >= 11 is 6.28. The first-order chi connectivity index (χ1) is 15.3. The van der Waals surface area contributed by atoms with Gasteiger partial charge in [0.25, 0.3) is 0 Å². The molecule has 0 aliphatic heterocycles. The van der Waals surface area contributed by atoms with Crippen molar-refractivity contribution in [3.05, 3.63) is 71.1 Å². The average molecular weight is 462 g/mol. The first-order valence-corrected chi connectivity index (χ1v) is 9.65. The Bertz CT molecular complexity index is 1270. The van der Waals surface area contributed by atoms with Gasteiger partial charge in [-0.05, 0) is 42.5 Å². The van der Waals surface area contributed by atoms with Crippen LogP contribution in [0, 0.1) is 0 Å². The van der Waals surface area contributed by atoms with E-state index in [1.165, 1.54) is 30.7 Å². The highest BCUT2D eigenvalue weighted by Gasteiger charge is 2.30. The lowest BCUT2D eigenvalue weighted by Gasteiger charge is -2.12. The van der Waals surface area contributed by atoms with Gasteiger partial charge in [0.15, 0.2) is 5.65 Å². The molecule has 4 rings (SSSR count). The van der Waals surface area contributed by atoms with Gasteiger partial charge in [-0.2, -0.15) is 13.2 Å². The summed E-state index contributed by atoms with van der Waals surface area (Å²) in [6, 6.07) is 9.42. The highest BCUT2D eigenvalue weighted by molar-refractivity contribution is 6.33. The van der Waals surface area contributed by atoms with E-state index in [0.29, 0.717) is 39.5 Å². The van der Waals surface area contributed by atoms with Gasteiger partial charge in [-0.3, -0.25) is 4.98 Å². The number of alkyl halides is 3. The van der Waals surface area contributed by atoms with Crippen molar-refractivity contribution in [3.63, 3.8) is 0 Å². The molecular formula is C21H15ClF3N5O2. The molecule has 3 aromatic heterocycles. The minimum absolute atomic E-state index is 0.235. The smallest absolute Gasteiger partial charge is 0.393 e. The van der Waals surface area contributed by atoms with Crippen LogP contribution in [0.15, 0.2) is 55.0 Å². The van der Waals surface area contributed by atoms with Gasteiger partial charge < -0.3 is 15.5 Å². The quantitative estimate of drug-likeness (QED) is 0.401. The van der Waals surface area contributed by atoms with Gasteiger partial charge >= 0.3 is 6.18 Å². The molecule has 0 aliphatic rings. The fourth-order valence-electron chi connectivity index (χ4n) is 2.98. The van der Waals surface area contributed by atoms with E-state index < -0.39 is 24.5 Å². The van der Waals surface area contributed by atoms with Gasteiger partial charge in [-0.25, -0.2) is 15.0 Å². The van der Waals surface area contributed by atoms with Gasteiger partial charge in [0.05, 0.1) is 28.3 Å². The lowest BCUT2D eigenvalue weighted by atomic mass is 10.1. The van der Waals surface area contributed by atoms with Gasteiger partial charge in [0.1, 0.15) is 23.9 Å². The molecule has 0 radical (unpaired) electrons. The Morgan fingerprint density at radius 2 is 1.78 bits per heavy atom. The molecule has 0 unspecified atom stereocenters. The number of halogens is 4. The number of anilines is 2. The van der Waals surface area contributed by atoms with E-state index in [-0.39, 0.29) is 5.02 Å². The second-order valence-electron chi connectivity index (χ2n) is 6.79. The summed E-state index contributed by atoms with van der Waals surface area (Å²) in [6.07, 6.45) is -2.83. The van der Waals surface area contributed by atoms with E-state index in [1.54, 1.807) is 12.1 Å². The molecule has 32 heavy (non-hydrogen) atoms. The van der Waals surface area contributed by atoms with Gasteiger partial charge in [-0.15, -0.1) is 0 Å². The van der Waals surface area contributed by atoms with Crippen molar-refractivity contribution in [1.29, 1.82) is 0 Å². The Kier molecular flexibility index (Phi) is 5.92. The Labute approximate surface area is 184 Å². The number of hydrogen-bond acceptors (Lipinski definition) is 7. The summed E-state index contributed by atoms with van der Waals surface area (Å²) in [5.74, 6) is 0.370. The molecule has 0 saturated heterocycles. The molecule has 4 aromatic rings. The molecule has 11 heteroatoms. The molecule has 3 N–H and O–H groups in total. The van der Waals surface area contributed by atoms with Crippen LogP contribution in [0.1, 0.15) is 17.2 Å². The van der Waals surface area contributed by atoms with Crippen LogP contribution < -0.4 is 5.32 Å². The van der Waals surface area contributed by atoms with Crippen LogP contribution in [0.3, 0.4) is 0 Å². The van der Waals surface area contributed by atoms with Gasteiger partial charge in [-0.1, -0.05) is 11.6 Å². The predicted molar refractivity (Wildman–Crippen MR) is 112 cm³/mol. The zero-order chi connectivity index (χ0) is 22.9. The molecule has 0 fully saturated rings.